The van der Waals surface area contributed by atoms with Gasteiger partial charge in [0.05, 0.1) is 12.6 Å². The summed E-state index contributed by atoms with van der Waals surface area (Å²) in [7, 11) is 0. The highest BCUT2D eigenvalue weighted by atomic mass is 16.4. The van der Waals surface area contributed by atoms with Gasteiger partial charge in [0.25, 0.3) is 0 Å². The summed E-state index contributed by atoms with van der Waals surface area (Å²) in [5.41, 5.74) is 0. The molecule has 114 valence electrons. The van der Waals surface area contributed by atoms with E-state index in [0.29, 0.717) is 30.2 Å². The molecule has 4 rings (SSSR count). The normalized spacial score (nSPS) is 32.3. The zero-order chi connectivity index (χ0) is 14.4. The summed E-state index contributed by atoms with van der Waals surface area (Å²) in [6.45, 7) is 2.02. The summed E-state index contributed by atoms with van der Waals surface area (Å²) < 4.78 is 5.42. The molecule has 0 aromatic carbocycles. The molecule has 7 heteroatoms. The molecule has 3 aliphatic rings. The average molecular weight is 292 g/mol. The van der Waals surface area contributed by atoms with Gasteiger partial charge in [0, 0.05) is 24.9 Å². The van der Waals surface area contributed by atoms with E-state index in [0.717, 1.165) is 38.8 Å². The number of anilines is 1. The number of rotatable bonds is 4. The Balaban J connectivity index is 1.29. The van der Waals surface area contributed by atoms with Crippen molar-refractivity contribution >= 4 is 11.9 Å². The number of amides is 1. The minimum atomic E-state index is -0.194. The maximum Gasteiger partial charge on any atom is 0.322 e. The van der Waals surface area contributed by atoms with Crippen LogP contribution >= 0.6 is 0 Å². The lowest BCUT2D eigenvalue weighted by molar-refractivity contribution is -0.117. The first kappa shape index (κ1) is 13.2. The summed E-state index contributed by atoms with van der Waals surface area (Å²) in [5.74, 6) is 1.77. The number of carbonyl (C=O) groups is 1. The van der Waals surface area contributed by atoms with E-state index in [9.17, 15) is 9.90 Å². The smallest absolute Gasteiger partial charge is 0.322 e. The van der Waals surface area contributed by atoms with Crippen LogP contribution in [0.1, 0.15) is 37.5 Å². The van der Waals surface area contributed by atoms with Crippen molar-refractivity contribution in [1.82, 2.24) is 15.1 Å². The molecule has 2 saturated carbocycles. The van der Waals surface area contributed by atoms with E-state index < -0.39 is 0 Å². The molecule has 3 atom stereocenters. The number of aliphatic hydroxyl groups excluding tert-OH is 1. The Bertz CT molecular complexity index is 542. The van der Waals surface area contributed by atoms with Gasteiger partial charge in [-0.2, -0.15) is 0 Å². The number of nitrogens with one attached hydrogen (secondary N) is 1. The minimum Gasteiger partial charge on any atom is -0.408 e. The predicted octanol–water partition coefficient (Wildman–Crippen LogP) is 0.588. The van der Waals surface area contributed by atoms with E-state index in [1.807, 2.05) is 0 Å². The molecule has 1 amide bonds. The Labute approximate surface area is 122 Å². The van der Waals surface area contributed by atoms with Crippen molar-refractivity contribution in [2.24, 2.45) is 11.8 Å². The Morgan fingerprint density at radius 3 is 2.90 bits per heavy atom. The van der Waals surface area contributed by atoms with Crippen LogP contribution in [0.5, 0.6) is 0 Å². The first-order valence-corrected chi connectivity index (χ1v) is 7.72. The van der Waals surface area contributed by atoms with E-state index in [-0.39, 0.29) is 18.0 Å². The van der Waals surface area contributed by atoms with Crippen LogP contribution in [0.15, 0.2) is 4.42 Å². The summed E-state index contributed by atoms with van der Waals surface area (Å²) >= 11 is 0. The van der Waals surface area contributed by atoms with Crippen LogP contribution in [0, 0.1) is 11.8 Å². The molecule has 7 nitrogen and oxygen atoms in total. The zero-order valence-corrected chi connectivity index (χ0v) is 11.9. The molecule has 2 heterocycles. The second kappa shape index (κ2) is 5.06. The SMILES string of the molecule is O=C(CN1CC2CCC(O)C2C1)Nc1nnc(C2CC2)o1. The van der Waals surface area contributed by atoms with Gasteiger partial charge < -0.3 is 9.52 Å². The molecule has 2 N–H and O–H groups in total. The van der Waals surface area contributed by atoms with E-state index in [1.165, 1.54) is 0 Å². The second-order valence-corrected chi connectivity index (χ2v) is 6.53. The number of nitrogens with zero attached hydrogens (tertiary/aromatic N) is 3. The number of carbonyl (C=O) groups excluding carboxylic acids is 1. The first-order valence-electron chi connectivity index (χ1n) is 7.72. The topological polar surface area (TPSA) is 91.5 Å². The second-order valence-electron chi connectivity index (χ2n) is 6.53. The lowest BCUT2D eigenvalue weighted by Gasteiger charge is -2.16. The number of hydrogen-bond donors (Lipinski definition) is 2. The van der Waals surface area contributed by atoms with Gasteiger partial charge in [-0.25, -0.2) is 0 Å². The number of aromatic nitrogens is 2. The largest absolute Gasteiger partial charge is 0.408 e. The molecule has 0 spiro atoms. The van der Waals surface area contributed by atoms with Gasteiger partial charge in [-0.3, -0.25) is 15.0 Å². The summed E-state index contributed by atoms with van der Waals surface area (Å²) in [5, 5.41) is 20.3. The van der Waals surface area contributed by atoms with Crippen LogP contribution in [0.3, 0.4) is 0 Å². The van der Waals surface area contributed by atoms with E-state index in [1.54, 1.807) is 0 Å². The van der Waals surface area contributed by atoms with Gasteiger partial charge >= 0.3 is 6.01 Å². The monoisotopic (exact) mass is 292 g/mol. The molecule has 2 aliphatic carbocycles. The van der Waals surface area contributed by atoms with Gasteiger partial charge in [-0.15, -0.1) is 5.10 Å². The molecule has 0 radical (unpaired) electrons. The fourth-order valence-corrected chi connectivity index (χ4v) is 3.60. The van der Waals surface area contributed by atoms with Crippen molar-refractivity contribution in [2.45, 2.75) is 37.7 Å². The van der Waals surface area contributed by atoms with Crippen LogP contribution < -0.4 is 5.32 Å². The van der Waals surface area contributed by atoms with Crippen molar-refractivity contribution in [3.63, 3.8) is 0 Å². The Kier molecular flexibility index (Phi) is 3.19. The fraction of sp³-hybridized carbons (Fsp3) is 0.786. The van der Waals surface area contributed by atoms with Gasteiger partial charge in [0.15, 0.2) is 0 Å². The third-order valence-corrected chi connectivity index (χ3v) is 4.88. The molecule has 1 aromatic heterocycles. The molecular formula is C14H20N4O3. The maximum absolute atomic E-state index is 12.0. The van der Waals surface area contributed by atoms with Gasteiger partial charge in [0.1, 0.15) is 0 Å². The molecular weight excluding hydrogens is 272 g/mol. The Hall–Kier alpha value is -1.47. The first-order chi connectivity index (χ1) is 10.2. The lowest BCUT2D eigenvalue weighted by atomic mass is 10.00. The summed E-state index contributed by atoms with van der Waals surface area (Å²) in [4.78, 5) is 14.1. The quantitative estimate of drug-likeness (QED) is 0.844. The fourth-order valence-electron chi connectivity index (χ4n) is 3.60. The van der Waals surface area contributed by atoms with Gasteiger partial charge in [0.2, 0.25) is 11.8 Å². The summed E-state index contributed by atoms with van der Waals surface area (Å²) in [6.07, 6.45) is 3.96. The van der Waals surface area contributed by atoms with Crippen LogP contribution in [-0.4, -0.2) is 51.8 Å². The predicted molar refractivity (Wildman–Crippen MR) is 73.6 cm³/mol. The Morgan fingerprint density at radius 2 is 2.14 bits per heavy atom. The third-order valence-electron chi connectivity index (χ3n) is 4.88. The zero-order valence-electron chi connectivity index (χ0n) is 11.9. The number of hydrogen-bond acceptors (Lipinski definition) is 6. The Morgan fingerprint density at radius 1 is 1.29 bits per heavy atom. The highest BCUT2D eigenvalue weighted by molar-refractivity contribution is 5.90. The maximum atomic E-state index is 12.0. The van der Waals surface area contributed by atoms with Crippen molar-refractivity contribution < 1.29 is 14.3 Å². The average Bonchev–Trinajstić information content (AvgIpc) is 2.92. The van der Waals surface area contributed by atoms with Crippen LogP contribution in [0.2, 0.25) is 0 Å². The van der Waals surface area contributed by atoms with Crippen LogP contribution in [0.25, 0.3) is 0 Å². The standard InChI is InChI=1S/C14H20N4O3/c19-11-4-3-9-5-18(6-10(9)11)7-12(20)15-14-17-16-13(21-14)8-1-2-8/h8-11,19H,1-7H2,(H,15,17,20). The number of fused-ring (bicyclic) bond motifs is 1. The molecule has 3 fully saturated rings. The number of likely N-dealkylation sites (tertiary alicyclic amines) is 1. The molecule has 3 unspecified atom stereocenters. The van der Waals surface area contributed by atoms with Crippen molar-refractivity contribution in [1.29, 1.82) is 0 Å². The molecule has 0 bridgehead atoms. The van der Waals surface area contributed by atoms with E-state index >= 15 is 0 Å². The molecule has 1 saturated heterocycles. The minimum absolute atomic E-state index is 0.129. The van der Waals surface area contributed by atoms with Crippen molar-refractivity contribution in [2.75, 3.05) is 25.0 Å². The highest BCUT2D eigenvalue weighted by Gasteiger charge is 2.42. The van der Waals surface area contributed by atoms with Gasteiger partial charge in [-0.1, -0.05) is 5.10 Å². The van der Waals surface area contributed by atoms with Gasteiger partial charge in [-0.05, 0) is 31.6 Å². The van der Waals surface area contributed by atoms with Crippen LogP contribution in [-0.2, 0) is 4.79 Å². The molecule has 1 aliphatic heterocycles. The highest BCUT2D eigenvalue weighted by Crippen LogP contribution is 2.39. The van der Waals surface area contributed by atoms with Crippen molar-refractivity contribution in [3.05, 3.63) is 5.89 Å². The summed E-state index contributed by atoms with van der Waals surface area (Å²) in [6, 6.07) is 0.196. The third kappa shape index (κ3) is 2.67. The molecule has 1 aromatic rings. The number of aliphatic hydroxyl groups is 1. The van der Waals surface area contributed by atoms with E-state index in [4.69, 9.17) is 4.42 Å². The van der Waals surface area contributed by atoms with E-state index in [2.05, 4.69) is 20.4 Å². The molecule has 21 heavy (non-hydrogen) atoms. The van der Waals surface area contributed by atoms with Crippen molar-refractivity contribution in [3.8, 4) is 0 Å². The lowest BCUT2D eigenvalue weighted by Crippen LogP contribution is -2.33. The van der Waals surface area contributed by atoms with Crippen LogP contribution in [0.4, 0.5) is 6.01 Å².